The average molecular weight is 236 g/mol. The van der Waals surface area contributed by atoms with Crippen molar-refractivity contribution in [2.45, 2.75) is 19.4 Å². The van der Waals surface area contributed by atoms with Gasteiger partial charge in [-0.2, -0.15) is 0 Å². The maximum absolute atomic E-state index is 10.4. The number of carbonyl (C=O) groups is 1. The maximum Gasteiger partial charge on any atom is 0.317 e. The van der Waals surface area contributed by atoms with Gasteiger partial charge in [-0.05, 0) is 31.0 Å². The summed E-state index contributed by atoms with van der Waals surface area (Å²) in [6.45, 7) is 2.00. The van der Waals surface area contributed by atoms with Crippen molar-refractivity contribution >= 4 is 11.7 Å². The Morgan fingerprint density at radius 3 is 2.41 bits per heavy atom. The Morgan fingerprint density at radius 1 is 1.35 bits per heavy atom. The SMILES string of the molecule is CC(Cc1ccc(N(C)C)cc1)NCC(=O)O. The van der Waals surface area contributed by atoms with Crippen LogP contribution in [0.1, 0.15) is 12.5 Å². The maximum atomic E-state index is 10.4. The number of carboxylic acid groups (broad SMARTS) is 1. The molecule has 0 amide bonds. The van der Waals surface area contributed by atoms with E-state index >= 15 is 0 Å². The highest BCUT2D eigenvalue weighted by Crippen LogP contribution is 2.13. The number of nitrogens with zero attached hydrogens (tertiary/aromatic N) is 1. The minimum atomic E-state index is -0.820. The first-order valence-electron chi connectivity index (χ1n) is 5.70. The highest BCUT2D eigenvalue weighted by atomic mass is 16.4. The van der Waals surface area contributed by atoms with Crippen LogP contribution in [-0.2, 0) is 11.2 Å². The normalized spacial score (nSPS) is 12.2. The summed E-state index contributed by atoms with van der Waals surface area (Å²) in [5, 5.41) is 11.5. The van der Waals surface area contributed by atoms with Gasteiger partial charge in [-0.3, -0.25) is 4.79 Å². The van der Waals surface area contributed by atoms with Crippen LogP contribution in [0, 0.1) is 0 Å². The van der Waals surface area contributed by atoms with E-state index in [0.717, 1.165) is 6.42 Å². The molecule has 4 heteroatoms. The number of aliphatic carboxylic acids is 1. The molecule has 1 aromatic carbocycles. The van der Waals surface area contributed by atoms with Crippen LogP contribution in [0.15, 0.2) is 24.3 Å². The van der Waals surface area contributed by atoms with Gasteiger partial charge >= 0.3 is 5.97 Å². The standard InChI is InChI=1S/C13H20N2O2/c1-10(14-9-13(16)17)8-11-4-6-12(7-5-11)15(2)3/h4-7,10,14H,8-9H2,1-3H3,(H,16,17). The molecule has 4 nitrogen and oxygen atoms in total. The summed E-state index contributed by atoms with van der Waals surface area (Å²) >= 11 is 0. The van der Waals surface area contributed by atoms with Gasteiger partial charge in [0.25, 0.3) is 0 Å². The predicted molar refractivity (Wildman–Crippen MR) is 69.6 cm³/mol. The molecule has 1 atom stereocenters. The first kappa shape index (κ1) is 13.5. The Labute approximate surface area is 102 Å². The van der Waals surface area contributed by atoms with Gasteiger partial charge in [-0.15, -0.1) is 0 Å². The van der Waals surface area contributed by atoms with Gasteiger partial charge in [0.1, 0.15) is 0 Å². The van der Waals surface area contributed by atoms with Crippen molar-refractivity contribution < 1.29 is 9.90 Å². The predicted octanol–water partition coefficient (Wildman–Crippen LogP) is 1.36. The van der Waals surface area contributed by atoms with Gasteiger partial charge in [0.05, 0.1) is 6.54 Å². The minimum absolute atomic E-state index is 0.0109. The lowest BCUT2D eigenvalue weighted by molar-refractivity contribution is -0.136. The summed E-state index contributed by atoms with van der Waals surface area (Å²) in [6, 6.07) is 8.46. The van der Waals surface area contributed by atoms with E-state index in [4.69, 9.17) is 5.11 Å². The van der Waals surface area contributed by atoms with E-state index in [1.165, 1.54) is 11.3 Å². The second kappa shape index (κ2) is 6.25. The number of carboxylic acids is 1. The molecule has 0 saturated carbocycles. The molecule has 94 valence electrons. The van der Waals surface area contributed by atoms with E-state index < -0.39 is 5.97 Å². The smallest absolute Gasteiger partial charge is 0.317 e. The molecule has 1 rings (SSSR count). The van der Waals surface area contributed by atoms with Gasteiger partial charge in [-0.25, -0.2) is 0 Å². The van der Waals surface area contributed by atoms with Crippen LogP contribution in [-0.4, -0.2) is 37.8 Å². The summed E-state index contributed by atoms with van der Waals surface area (Å²) in [7, 11) is 4.01. The molecular formula is C13H20N2O2. The molecule has 2 N–H and O–H groups in total. The zero-order valence-electron chi connectivity index (χ0n) is 10.6. The van der Waals surface area contributed by atoms with Gasteiger partial charge in [0.2, 0.25) is 0 Å². The van der Waals surface area contributed by atoms with E-state index in [2.05, 4.69) is 34.5 Å². The topological polar surface area (TPSA) is 52.6 Å². The van der Waals surface area contributed by atoms with Crippen LogP contribution < -0.4 is 10.2 Å². The Kier molecular flexibility index (Phi) is 4.97. The molecule has 0 spiro atoms. The number of nitrogens with one attached hydrogen (secondary N) is 1. The van der Waals surface area contributed by atoms with Crippen molar-refractivity contribution in [1.29, 1.82) is 0 Å². The highest BCUT2D eigenvalue weighted by Gasteiger charge is 2.05. The lowest BCUT2D eigenvalue weighted by Crippen LogP contribution is -2.32. The van der Waals surface area contributed by atoms with Crippen molar-refractivity contribution in [3.05, 3.63) is 29.8 Å². The summed E-state index contributed by atoms with van der Waals surface area (Å²) in [5.74, 6) is -0.820. The quantitative estimate of drug-likeness (QED) is 0.783. The highest BCUT2D eigenvalue weighted by molar-refractivity contribution is 5.69. The van der Waals surface area contributed by atoms with Crippen LogP contribution in [0.5, 0.6) is 0 Å². The van der Waals surface area contributed by atoms with E-state index in [1.807, 2.05) is 21.0 Å². The Hall–Kier alpha value is -1.55. The van der Waals surface area contributed by atoms with Crippen molar-refractivity contribution in [2.75, 3.05) is 25.5 Å². The monoisotopic (exact) mass is 236 g/mol. The molecule has 0 aliphatic rings. The molecule has 0 saturated heterocycles. The molecule has 0 fully saturated rings. The molecule has 17 heavy (non-hydrogen) atoms. The fourth-order valence-electron chi connectivity index (χ4n) is 1.62. The molecule has 1 aromatic rings. The Balaban J connectivity index is 2.48. The second-order valence-corrected chi connectivity index (χ2v) is 4.44. The fraction of sp³-hybridized carbons (Fsp3) is 0.462. The molecule has 0 bridgehead atoms. The largest absolute Gasteiger partial charge is 0.480 e. The van der Waals surface area contributed by atoms with E-state index in [1.54, 1.807) is 0 Å². The third kappa shape index (κ3) is 4.87. The van der Waals surface area contributed by atoms with Gasteiger partial charge < -0.3 is 15.3 Å². The van der Waals surface area contributed by atoms with Crippen molar-refractivity contribution in [3.8, 4) is 0 Å². The third-order valence-corrected chi connectivity index (χ3v) is 2.60. The Bertz CT molecular complexity index is 360. The summed E-state index contributed by atoms with van der Waals surface area (Å²) in [5.41, 5.74) is 2.38. The fourth-order valence-corrected chi connectivity index (χ4v) is 1.62. The molecule has 1 unspecified atom stereocenters. The minimum Gasteiger partial charge on any atom is -0.480 e. The number of benzene rings is 1. The molecular weight excluding hydrogens is 216 g/mol. The van der Waals surface area contributed by atoms with E-state index in [9.17, 15) is 4.79 Å². The van der Waals surface area contributed by atoms with E-state index in [0.29, 0.717) is 0 Å². The molecule has 0 radical (unpaired) electrons. The molecule has 0 aromatic heterocycles. The van der Waals surface area contributed by atoms with E-state index in [-0.39, 0.29) is 12.6 Å². The number of anilines is 1. The van der Waals surface area contributed by atoms with Gasteiger partial charge in [0.15, 0.2) is 0 Å². The zero-order valence-corrected chi connectivity index (χ0v) is 10.6. The molecule has 0 heterocycles. The molecule has 0 aliphatic carbocycles. The van der Waals surface area contributed by atoms with Crippen molar-refractivity contribution in [3.63, 3.8) is 0 Å². The lowest BCUT2D eigenvalue weighted by atomic mass is 10.1. The van der Waals surface area contributed by atoms with Crippen LogP contribution in [0.2, 0.25) is 0 Å². The van der Waals surface area contributed by atoms with Crippen LogP contribution in [0.25, 0.3) is 0 Å². The van der Waals surface area contributed by atoms with Crippen LogP contribution in [0.4, 0.5) is 5.69 Å². The summed E-state index contributed by atoms with van der Waals surface area (Å²) in [6.07, 6.45) is 0.834. The number of hydrogen-bond donors (Lipinski definition) is 2. The molecule has 0 aliphatic heterocycles. The first-order valence-corrected chi connectivity index (χ1v) is 5.70. The Morgan fingerprint density at radius 2 is 1.94 bits per heavy atom. The zero-order chi connectivity index (χ0) is 12.8. The third-order valence-electron chi connectivity index (χ3n) is 2.60. The average Bonchev–Trinajstić information content (AvgIpc) is 2.27. The van der Waals surface area contributed by atoms with Crippen molar-refractivity contribution in [1.82, 2.24) is 5.32 Å². The van der Waals surface area contributed by atoms with Gasteiger partial charge in [0, 0.05) is 25.8 Å². The van der Waals surface area contributed by atoms with Crippen LogP contribution >= 0.6 is 0 Å². The van der Waals surface area contributed by atoms with Crippen molar-refractivity contribution in [2.24, 2.45) is 0 Å². The number of hydrogen-bond acceptors (Lipinski definition) is 3. The first-order chi connectivity index (χ1) is 7.99. The lowest BCUT2D eigenvalue weighted by Gasteiger charge is -2.15. The van der Waals surface area contributed by atoms with Gasteiger partial charge in [-0.1, -0.05) is 12.1 Å². The summed E-state index contributed by atoms with van der Waals surface area (Å²) in [4.78, 5) is 12.5. The number of rotatable bonds is 6. The van der Waals surface area contributed by atoms with Crippen LogP contribution in [0.3, 0.4) is 0 Å². The summed E-state index contributed by atoms with van der Waals surface area (Å²) < 4.78 is 0. The second-order valence-electron chi connectivity index (χ2n) is 4.44.